The van der Waals surface area contributed by atoms with Crippen molar-refractivity contribution in [3.8, 4) is 11.5 Å². The molecule has 0 saturated carbocycles. The van der Waals surface area contributed by atoms with Crippen LogP contribution in [0.15, 0.2) is 54.6 Å². The lowest BCUT2D eigenvalue weighted by molar-refractivity contribution is 0.0643. The molecule has 0 aromatic heterocycles. The second-order valence-corrected chi connectivity index (χ2v) is 7.24. The van der Waals surface area contributed by atoms with Crippen LogP contribution in [0.1, 0.15) is 0 Å². The van der Waals surface area contributed by atoms with E-state index in [2.05, 4.69) is 17.3 Å². The van der Waals surface area contributed by atoms with E-state index in [0.717, 1.165) is 12.3 Å². The van der Waals surface area contributed by atoms with Gasteiger partial charge in [0.1, 0.15) is 5.75 Å². The van der Waals surface area contributed by atoms with E-state index in [4.69, 9.17) is 9.47 Å². The Morgan fingerprint density at radius 2 is 1.81 bits per heavy atom. The second-order valence-electron chi connectivity index (χ2n) is 7.24. The van der Waals surface area contributed by atoms with Crippen LogP contribution in [-0.2, 0) is 4.74 Å². The van der Waals surface area contributed by atoms with E-state index >= 15 is 0 Å². The van der Waals surface area contributed by atoms with Crippen molar-refractivity contribution in [2.24, 2.45) is 5.92 Å². The van der Waals surface area contributed by atoms with E-state index in [1.807, 2.05) is 59.5 Å². The molecule has 6 heteroatoms. The summed E-state index contributed by atoms with van der Waals surface area (Å²) < 4.78 is 11.7. The zero-order valence-corrected chi connectivity index (χ0v) is 15.5. The lowest BCUT2D eigenvalue weighted by atomic mass is 10.1. The molecule has 6 nitrogen and oxygen atoms in total. The summed E-state index contributed by atoms with van der Waals surface area (Å²) in [6.07, 6.45) is 0. The van der Waals surface area contributed by atoms with Gasteiger partial charge in [0.05, 0.1) is 24.9 Å². The maximum absolute atomic E-state index is 13.0. The van der Waals surface area contributed by atoms with Gasteiger partial charge < -0.3 is 19.7 Å². The number of nitrogens with one attached hydrogen (secondary N) is 1. The van der Waals surface area contributed by atoms with Crippen molar-refractivity contribution in [2.75, 3.05) is 45.2 Å². The second kappa shape index (κ2) is 7.98. The number of amides is 2. The molecule has 0 radical (unpaired) electrons. The summed E-state index contributed by atoms with van der Waals surface area (Å²) in [5.74, 6) is 1.71. The summed E-state index contributed by atoms with van der Waals surface area (Å²) in [5, 5.41) is 3.04. The first-order valence-electron chi connectivity index (χ1n) is 9.35. The van der Waals surface area contributed by atoms with Crippen LogP contribution < -0.4 is 10.1 Å². The molecule has 2 saturated heterocycles. The highest BCUT2D eigenvalue weighted by atomic mass is 16.5. The molecule has 27 heavy (non-hydrogen) atoms. The van der Waals surface area contributed by atoms with Crippen molar-refractivity contribution in [3.63, 3.8) is 0 Å². The molecule has 2 amide bonds. The van der Waals surface area contributed by atoms with Crippen LogP contribution in [0, 0.1) is 5.92 Å². The van der Waals surface area contributed by atoms with Gasteiger partial charge >= 0.3 is 6.03 Å². The van der Waals surface area contributed by atoms with Gasteiger partial charge in [-0.2, -0.15) is 0 Å². The number of fused-ring (bicyclic) bond motifs is 3. The number of carbonyl (C=O) groups is 1. The molecule has 2 atom stereocenters. The van der Waals surface area contributed by atoms with E-state index < -0.39 is 0 Å². The molecule has 2 aliphatic heterocycles. The molecule has 2 fully saturated rings. The molecule has 0 aliphatic carbocycles. The Morgan fingerprint density at radius 1 is 1.04 bits per heavy atom. The van der Waals surface area contributed by atoms with Gasteiger partial charge in [-0.15, -0.1) is 0 Å². The summed E-state index contributed by atoms with van der Waals surface area (Å²) in [6.45, 7) is 3.71. The van der Waals surface area contributed by atoms with Crippen LogP contribution in [0.3, 0.4) is 0 Å². The van der Waals surface area contributed by atoms with E-state index in [1.165, 1.54) is 0 Å². The number of likely N-dealkylation sites (N-methyl/N-ethyl adjacent to an activating group) is 1. The fourth-order valence-electron chi connectivity index (χ4n) is 3.68. The van der Waals surface area contributed by atoms with Gasteiger partial charge in [0, 0.05) is 25.6 Å². The number of para-hydroxylation sites is 3. The molecule has 0 spiro atoms. The minimum absolute atomic E-state index is 0.0914. The molecule has 2 bridgehead atoms. The Morgan fingerprint density at radius 3 is 2.67 bits per heavy atom. The van der Waals surface area contributed by atoms with Crippen molar-refractivity contribution >= 4 is 11.7 Å². The first kappa shape index (κ1) is 17.8. The molecule has 0 unspecified atom stereocenters. The zero-order valence-electron chi connectivity index (χ0n) is 15.5. The lowest BCUT2D eigenvalue weighted by Crippen LogP contribution is -2.46. The Kier molecular flexibility index (Phi) is 5.27. The summed E-state index contributed by atoms with van der Waals surface area (Å²) in [6, 6.07) is 17.2. The average molecular weight is 367 g/mol. The van der Waals surface area contributed by atoms with Crippen molar-refractivity contribution in [1.29, 1.82) is 0 Å². The highest BCUT2D eigenvalue weighted by Gasteiger charge is 2.33. The molecule has 2 heterocycles. The summed E-state index contributed by atoms with van der Waals surface area (Å²) in [4.78, 5) is 17.2. The molecule has 2 aliphatic rings. The van der Waals surface area contributed by atoms with Crippen molar-refractivity contribution in [3.05, 3.63) is 54.6 Å². The monoisotopic (exact) mass is 367 g/mol. The van der Waals surface area contributed by atoms with Crippen molar-refractivity contribution < 1.29 is 14.3 Å². The SMILES string of the molecule is CN1C[C@H]2COC[C@@H]1CN(C(=O)Nc1ccccc1Oc1ccccc1)C2. The standard InChI is InChI=1S/C21H25N3O3/c1-23-11-16-12-24(13-17(23)15-26-14-16)21(25)22-19-9-5-6-10-20(19)27-18-7-3-2-4-8-18/h2-10,16-17H,11-15H2,1H3,(H,22,25)/t16-,17+/m1/s1. The predicted molar refractivity (Wildman–Crippen MR) is 104 cm³/mol. The highest BCUT2D eigenvalue weighted by Crippen LogP contribution is 2.29. The normalized spacial score (nSPS) is 22.8. The molecule has 1 N–H and O–H groups in total. The fraction of sp³-hybridized carbons (Fsp3) is 0.381. The Balaban J connectivity index is 1.48. The van der Waals surface area contributed by atoms with Crippen molar-refractivity contribution in [1.82, 2.24) is 9.80 Å². The number of carbonyl (C=O) groups excluding carboxylic acids is 1. The maximum Gasteiger partial charge on any atom is 0.322 e. The number of anilines is 1. The minimum atomic E-state index is -0.0914. The Labute approximate surface area is 159 Å². The number of hydrogen-bond donors (Lipinski definition) is 1. The van der Waals surface area contributed by atoms with Gasteiger partial charge in [-0.05, 0) is 31.3 Å². The van der Waals surface area contributed by atoms with Crippen LogP contribution in [0.5, 0.6) is 11.5 Å². The van der Waals surface area contributed by atoms with Crippen molar-refractivity contribution in [2.45, 2.75) is 6.04 Å². The van der Waals surface area contributed by atoms with Crippen LogP contribution >= 0.6 is 0 Å². The number of ether oxygens (including phenoxy) is 2. The van der Waals surface area contributed by atoms with Crippen LogP contribution in [0.2, 0.25) is 0 Å². The van der Waals surface area contributed by atoms with Gasteiger partial charge in [-0.25, -0.2) is 4.79 Å². The van der Waals surface area contributed by atoms with Crippen LogP contribution in [-0.4, -0.2) is 61.8 Å². The van der Waals surface area contributed by atoms with Gasteiger partial charge in [-0.1, -0.05) is 30.3 Å². The fourth-order valence-corrected chi connectivity index (χ4v) is 3.68. The molecular formula is C21H25N3O3. The third-order valence-electron chi connectivity index (χ3n) is 5.13. The van der Waals surface area contributed by atoms with Gasteiger partial charge in [0.15, 0.2) is 5.75 Å². The number of urea groups is 1. The average Bonchev–Trinajstić information content (AvgIpc) is 2.93. The third kappa shape index (κ3) is 4.23. The van der Waals surface area contributed by atoms with Gasteiger partial charge in [-0.3, -0.25) is 4.90 Å². The van der Waals surface area contributed by atoms with E-state index in [-0.39, 0.29) is 12.1 Å². The topological polar surface area (TPSA) is 54.0 Å². The number of nitrogens with zero attached hydrogens (tertiary/aromatic N) is 2. The summed E-state index contributed by atoms with van der Waals surface area (Å²) >= 11 is 0. The summed E-state index contributed by atoms with van der Waals surface area (Å²) in [7, 11) is 2.11. The minimum Gasteiger partial charge on any atom is -0.455 e. The van der Waals surface area contributed by atoms with Gasteiger partial charge in [0.25, 0.3) is 0 Å². The quantitative estimate of drug-likeness (QED) is 0.905. The van der Waals surface area contributed by atoms with Crippen LogP contribution in [0.4, 0.5) is 10.5 Å². The highest BCUT2D eigenvalue weighted by molar-refractivity contribution is 5.91. The molecular weight excluding hydrogens is 342 g/mol. The number of hydrogen-bond acceptors (Lipinski definition) is 4. The largest absolute Gasteiger partial charge is 0.455 e. The molecule has 2 aromatic rings. The predicted octanol–water partition coefficient (Wildman–Crippen LogP) is 3.27. The Bertz CT molecular complexity index is 783. The van der Waals surface area contributed by atoms with Crippen LogP contribution in [0.25, 0.3) is 0 Å². The molecule has 4 rings (SSSR count). The van der Waals surface area contributed by atoms with Gasteiger partial charge in [0.2, 0.25) is 0 Å². The first-order valence-corrected chi connectivity index (χ1v) is 9.35. The number of rotatable bonds is 3. The summed E-state index contributed by atoms with van der Waals surface area (Å²) in [5.41, 5.74) is 0.672. The third-order valence-corrected chi connectivity index (χ3v) is 5.13. The van der Waals surface area contributed by atoms with E-state index in [9.17, 15) is 4.79 Å². The zero-order chi connectivity index (χ0) is 18.6. The number of benzene rings is 2. The van der Waals surface area contributed by atoms with E-state index in [0.29, 0.717) is 43.7 Å². The molecule has 142 valence electrons. The first-order chi connectivity index (χ1) is 13.2. The maximum atomic E-state index is 13.0. The van der Waals surface area contributed by atoms with E-state index in [1.54, 1.807) is 0 Å². The lowest BCUT2D eigenvalue weighted by Gasteiger charge is -2.30. The molecule has 2 aromatic carbocycles. The smallest absolute Gasteiger partial charge is 0.322 e. The Hall–Kier alpha value is -2.57.